The molecule has 3 rings (SSSR count). The fourth-order valence-electron chi connectivity index (χ4n) is 2.69. The van der Waals surface area contributed by atoms with Gasteiger partial charge in [0.05, 0.1) is 11.1 Å². The summed E-state index contributed by atoms with van der Waals surface area (Å²) in [5, 5.41) is 17.9. The standard InChI is InChI=1S/C18H19ClN4O2/c19-17-5-1-16(2-6-17)14-21-9-11-22(12-10-21)20-13-15-3-7-18(8-4-15)23(24)25/h1-8,13H,9-12,14H2/b20-13+. The number of piperazine rings is 1. The lowest BCUT2D eigenvalue weighted by Gasteiger charge is -2.33. The van der Waals surface area contributed by atoms with Gasteiger partial charge in [-0.15, -0.1) is 0 Å². The summed E-state index contributed by atoms with van der Waals surface area (Å²) in [5.74, 6) is 0. The van der Waals surface area contributed by atoms with Crippen LogP contribution in [-0.4, -0.2) is 47.2 Å². The molecule has 0 amide bonds. The zero-order valence-corrected chi connectivity index (χ0v) is 14.5. The quantitative estimate of drug-likeness (QED) is 0.467. The van der Waals surface area contributed by atoms with E-state index >= 15 is 0 Å². The Labute approximate surface area is 151 Å². The van der Waals surface area contributed by atoms with Crippen molar-refractivity contribution >= 4 is 23.5 Å². The van der Waals surface area contributed by atoms with Crippen molar-refractivity contribution in [1.82, 2.24) is 9.91 Å². The van der Waals surface area contributed by atoms with Gasteiger partial charge in [-0.05, 0) is 35.4 Å². The highest BCUT2D eigenvalue weighted by Gasteiger charge is 2.15. The summed E-state index contributed by atoms with van der Waals surface area (Å²) in [4.78, 5) is 12.6. The normalized spacial score (nSPS) is 15.6. The summed E-state index contributed by atoms with van der Waals surface area (Å²) in [5.41, 5.74) is 2.20. The van der Waals surface area contributed by atoms with Gasteiger partial charge in [0.15, 0.2) is 0 Å². The molecule has 2 aromatic carbocycles. The molecule has 0 saturated carbocycles. The first-order valence-corrected chi connectivity index (χ1v) is 8.48. The molecule has 0 N–H and O–H groups in total. The van der Waals surface area contributed by atoms with Crippen LogP contribution in [0.25, 0.3) is 0 Å². The zero-order valence-electron chi connectivity index (χ0n) is 13.7. The highest BCUT2D eigenvalue weighted by atomic mass is 35.5. The van der Waals surface area contributed by atoms with Crippen LogP contribution in [0.5, 0.6) is 0 Å². The van der Waals surface area contributed by atoms with Gasteiger partial charge >= 0.3 is 0 Å². The van der Waals surface area contributed by atoms with E-state index in [1.165, 1.54) is 17.7 Å². The van der Waals surface area contributed by atoms with E-state index in [0.29, 0.717) is 0 Å². The third-order valence-electron chi connectivity index (χ3n) is 4.14. The van der Waals surface area contributed by atoms with Crippen molar-refractivity contribution in [1.29, 1.82) is 0 Å². The summed E-state index contributed by atoms with van der Waals surface area (Å²) in [7, 11) is 0. The van der Waals surface area contributed by atoms with Crippen LogP contribution in [0.4, 0.5) is 5.69 Å². The first-order valence-electron chi connectivity index (χ1n) is 8.10. The third kappa shape index (κ3) is 5.01. The number of benzene rings is 2. The maximum Gasteiger partial charge on any atom is 0.269 e. The van der Waals surface area contributed by atoms with Crippen molar-refractivity contribution in [3.8, 4) is 0 Å². The number of nitro benzene ring substituents is 1. The summed E-state index contributed by atoms with van der Waals surface area (Å²) in [6.07, 6.45) is 1.75. The fourth-order valence-corrected chi connectivity index (χ4v) is 2.82. The average Bonchev–Trinajstić information content (AvgIpc) is 2.63. The van der Waals surface area contributed by atoms with Crippen molar-refractivity contribution in [2.45, 2.75) is 6.54 Å². The van der Waals surface area contributed by atoms with Gasteiger partial charge in [0.25, 0.3) is 5.69 Å². The summed E-state index contributed by atoms with van der Waals surface area (Å²) in [6.45, 7) is 4.52. The number of nitro groups is 1. The lowest BCUT2D eigenvalue weighted by atomic mass is 10.2. The molecule has 0 aromatic heterocycles. The van der Waals surface area contributed by atoms with Gasteiger partial charge in [0.1, 0.15) is 0 Å². The van der Waals surface area contributed by atoms with Crippen LogP contribution in [0.3, 0.4) is 0 Å². The molecule has 1 aliphatic heterocycles. The van der Waals surface area contributed by atoms with Gasteiger partial charge in [-0.2, -0.15) is 5.10 Å². The molecule has 0 radical (unpaired) electrons. The second-order valence-corrected chi connectivity index (χ2v) is 6.39. The highest BCUT2D eigenvalue weighted by molar-refractivity contribution is 6.30. The first-order chi connectivity index (χ1) is 12.1. The minimum absolute atomic E-state index is 0.0907. The van der Waals surface area contributed by atoms with Gasteiger partial charge in [-0.1, -0.05) is 23.7 Å². The topological polar surface area (TPSA) is 62.0 Å². The maximum absolute atomic E-state index is 10.6. The molecule has 130 valence electrons. The molecule has 1 aliphatic rings. The Hall–Kier alpha value is -2.44. The molecule has 1 fully saturated rings. The van der Waals surface area contributed by atoms with E-state index in [-0.39, 0.29) is 5.69 Å². The van der Waals surface area contributed by atoms with Crippen molar-refractivity contribution in [2.24, 2.45) is 5.10 Å². The smallest absolute Gasteiger partial charge is 0.269 e. The summed E-state index contributed by atoms with van der Waals surface area (Å²) in [6, 6.07) is 14.3. The Morgan fingerprint density at radius 2 is 1.68 bits per heavy atom. The molecule has 1 heterocycles. The Morgan fingerprint density at radius 3 is 2.28 bits per heavy atom. The van der Waals surface area contributed by atoms with Crippen LogP contribution < -0.4 is 0 Å². The monoisotopic (exact) mass is 358 g/mol. The Morgan fingerprint density at radius 1 is 1.04 bits per heavy atom. The second kappa shape index (κ2) is 8.09. The molecule has 0 unspecified atom stereocenters. The van der Waals surface area contributed by atoms with Gasteiger partial charge in [-0.25, -0.2) is 0 Å². The van der Waals surface area contributed by atoms with Crippen LogP contribution in [0.1, 0.15) is 11.1 Å². The maximum atomic E-state index is 10.6. The molecule has 6 nitrogen and oxygen atoms in total. The van der Waals surface area contributed by atoms with Crippen LogP contribution in [-0.2, 0) is 6.54 Å². The molecular weight excluding hydrogens is 340 g/mol. The van der Waals surface area contributed by atoms with E-state index in [4.69, 9.17) is 11.6 Å². The number of nitrogens with zero attached hydrogens (tertiary/aromatic N) is 4. The highest BCUT2D eigenvalue weighted by Crippen LogP contribution is 2.14. The number of hydrogen-bond donors (Lipinski definition) is 0. The minimum Gasteiger partial charge on any atom is -0.295 e. The second-order valence-electron chi connectivity index (χ2n) is 5.95. The molecule has 2 aromatic rings. The van der Waals surface area contributed by atoms with Crippen LogP contribution >= 0.6 is 11.6 Å². The lowest BCUT2D eigenvalue weighted by Crippen LogP contribution is -2.43. The van der Waals surface area contributed by atoms with Crippen LogP contribution in [0.15, 0.2) is 53.6 Å². The van der Waals surface area contributed by atoms with Crippen molar-refractivity contribution in [3.63, 3.8) is 0 Å². The van der Waals surface area contributed by atoms with Crippen LogP contribution in [0.2, 0.25) is 5.02 Å². The molecule has 0 bridgehead atoms. The van der Waals surface area contributed by atoms with E-state index in [1.807, 2.05) is 17.1 Å². The number of non-ortho nitro benzene ring substituents is 1. The molecule has 7 heteroatoms. The number of hydrogen-bond acceptors (Lipinski definition) is 5. The summed E-state index contributed by atoms with van der Waals surface area (Å²) < 4.78 is 0. The van der Waals surface area contributed by atoms with E-state index in [9.17, 15) is 10.1 Å². The van der Waals surface area contributed by atoms with Crippen molar-refractivity contribution in [2.75, 3.05) is 26.2 Å². The van der Waals surface area contributed by atoms with Gasteiger partial charge < -0.3 is 0 Å². The molecular formula is C18H19ClN4O2. The number of hydrazone groups is 1. The number of halogens is 1. The van der Waals surface area contributed by atoms with Gasteiger partial charge in [0.2, 0.25) is 0 Å². The van der Waals surface area contributed by atoms with Crippen molar-refractivity contribution in [3.05, 3.63) is 74.8 Å². The van der Waals surface area contributed by atoms with Gasteiger partial charge in [-0.3, -0.25) is 20.0 Å². The lowest BCUT2D eigenvalue weighted by molar-refractivity contribution is -0.384. The first kappa shape index (κ1) is 17.4. The van der Waals surface area contributed by atoms with Crippen molar-refractivity contribution < 1.29 is 4.92 Å². The van der Waals surface area contributed by atoms with E-state index in [0.717, 1.165) is 43.3 Å². The Kier molecular flexibility index (Phi) is 5.63. The predicted octanol–water partition coefficient (Wildman–Crippen LogP) is 3.40. The predicted molar refractivity (Wildman–Crippen MR) is 99.0 cm³/mol. The Balaban J connectivity index is 1.48. The fraction of sp³-hybridized carbons (Fsp3) is 0.278. The largest absolute Gasteiger partial charge is 0.295 e. The zero-order chi connectivity index (χ0) is 17.6. The molecule has 0 spiro atoms. The number of rotatable bonds is 5. The van der Waals surface area contributed by atoms with Gasteiger partial charge in [0, 0.05) is 49.9 Å². The molecule has 25 heavy (non-hydrogen) atoms. The van der Waals surface area contributed by atoms with E-state index in [2.05, 4.69) is 22.1 Å². The van der Waals surface area contributed by atoms with E-state index < -0.39 is 4.92 Å². The molecule has 0 atom stereocenters. The molecule has 1 saturated heterocycles. The van der Waals surface area contributed by atoms with Crippen LogP contribution in [0, 0.1) is 10.1 Å². The molecule has 0 aliphatic carbocycles. The van der Waals surface area contributed by atoms with E-state index in [1.54, 1.807) is 18.3 Å². The average molecular weight is 359 g/mol. The summed E-state index contributed by atoms with van der Waals surface area (Å²) >= 11 is 5.91. The minimum atomic E-state index is -0.402. The SMILES string of the molecule is O=[N+]([O-])c1ccc(/C=N/N2CCN(Cc3ccc(Cl)cc3)CC2)cc1. The third-order valence-corrected chi connectivity index (χ3v) is 4.39. The Bertz CT molecular complexity index is 739.